The Morgan fingerprint density at radius 2 is 2.08 bits per heavy atom. The van der Waals surface area contributed by atoms with E-state index >= 15 is 0 Å². The van der Waals surface area contributed by atoms with E-state index in [0.29, 0.717) is 38.2 Å². The first kappa shape index (κ1) is 26.4. The molecule has 7 atom stereocenters. The number of hydrogen-bond donors (Lipinski definition) is 5. The van der Waals surface area contributed by atoms with Crippen molar-refractivity contribution in [3.63, 3.8) is 0 Å². The molecule has 0 bridgehead atoms. The van der Waals surface area contributed by atoms with Crippen LogP contribution in [-0.4, -0.2) is 112 Å². The minimum Gasteiger partial charge on any atom is -0.393 e. The largest absolute Gasteiger partial charge is 0.393 e. The average molecular weight is 522 g/mol. The Morgan fingerprint density at radius 3 is 2.72 bits per heavy atom. The van der Waals surface area contributed by atoms with Crippen LogP contribution in [0.1, 0.15) is 26.7 Å². The summed E-state index contributed by atoms with van der Waals surface area (Å²) in [7, 11) is 1.92. The number of allylic oxidation sites excluding steroid dienone is 1. The number of guanidine groups is 1. The normalized spacial score (nSPS) is 32.8. The van der Waals surface area contributed by atoms with E-state index in [4.69, 9.17) is 11.1 Å². The SMILES string of the molecule is C[C@@H](O)[C@H]1C(=O)N2C(C=O)=C(S[C@H]3C[C@@H](C(=O)N4CC[C@H](NC(=O)CNC(=N)N)C4)N(C)C3)[C@H](C)[C@@H]12. The van der Waals surface area contributed by atoms with Gasteiger partial charge in [0.25, 0.3) is 0 Å². The molecular weight excluding hydrogens is 486 g/mol. The van der Waals surface area contributed by atoms with Crippen LogP contribution >= 0.6 is 11.8 Å². The molecule has 3 amide bonds. The maximum Gasteiger partial charge on any atom is 0.240 e. The van der Waals surface area contributed by atoms with Crippen LogP contribution < -0.4 is 16.4 Å². The molecule has 6 N–H and O–H groups in total. The molecule has 4 rings (SSSR count). The van der Waals surface area contributed by atoms with E-state index in [2.05, 4.69) is 10.6 Å². The fourth-order valence-corrected chi connectivity index (χ4v) is 7.45. The van der Waals surface area contributed by atoms with Crippen molar-refractivity contribution < 1.29 is 24.3 Å². The second-order valence-corrected chi connectivity index (χ2v) is 11.5. The highest BCUT2D eigenvalue weighted by Gasteiger charge is 2.58. The molecule has 0 aromatic carbocycles. The fourth-order valence-electron chi connectivity index (χ4n) is 5.88. The first-order valence-electron chi connectivity index (χ1n) is 12.3. The van der Waals surface area contributed by atoms with Crippen molar-refractivity contribution in [2.45, 2.75) is 56.2 Å². The van der Waals surface area contributed by atoms with E-state index in [1.54, 1.807) is 23.6 Å². The number of thioether (sulfide) groups is 1. The number of likely N-dealkylation sites (N-methyl/N-ethyl adjacent to an activating group) is 1. The Balaban J connectivity index is 1.34. The predicted octanol–water partition coefficient (Wildman–Crippen LogP) is -1.74. The van der Waals surface area contributed by atoms with E-state index in [1.165, 1.54) is 4.90 Å². The summed E-state index contributed by atoms with van der Waals surface area (Å²) in [4.78, 5) is 55.9. The number of nitrogens with one attached hydrogen (secondary N) is 3. The summed E-state index contributed by atoms with van der Waals surface area (Å²) in [6.45, 7) is 5.18. The summed E-state index contributed by atoms with van der Waals surface area (Å²) in [6.07, 6.45) is 1.25. The maximum absolute atomic E-state index is 13.3. The molecule has 0 aromatic heterocycles. The van der Waals surface area contributed by atoms with Crippen LogP contribution in [-0.2, 0) is 19.2 Å². The summed E-state index contributed by atoms with van der Waals surface area (Å²) >= 11 is 1.57. The number of likely N-dealkylation sites (tertiary alicyclic amines) is 2. The molecule has 198 valence electrons. The molecule has 0 aliphatic carbocycles. The van der Waals surface area contributed by atoms with E-state index in [1.807, 2.05) is 18.9 Å². The van der Waals surface area contributed by atoms with Gasteiger partial charge in [-0.05, 0) is 26.8 Å². The molecule has 36 heavy (non-hydrogen) atoms. The van der Waals surface area contributed by atoms with Crippen molar-refractivity contribution in [2.75, 3.05) is 33.2 Å². The molecule has 0 radical (unpaired) electrons. The van der Waals surface area contributed by atoms with Crippen molar-refractivity contribution in [1.29, 1.82) is 5.41 Å². The molecule has 12 nitrogen and oxygen atoms in total. The highest BCUT2D eigenvalue weighted by atomic mass is 32.2. The lowest BCUT2D eigenvalue weighted by molar-refractivity contribution is -0.160. The number of aldehydes is 1. The van der Waals surface area contributed by atoms with Crippen molar-refractivity contribution in [2.24, 2.45) is 17.6 Å². The maximum atomic E-state index is 13.3. The van der Waals surface area contributed by atoms with Crippen molar-refractivity contribution in [3.8, 4) is 0 Å². The number of β-lactam (4-membered cyclic amide) rings is 1. The van der Waals surface area contributed by atoms with E-state index in [9.17, 15) is 24.3 Å². The third-order valence-electron chi connectivity index (χ3n) is 7.65. The van der Waals surface area contributed by atoms with E-state index < -0.39 is 12.0 Å². The van der Waals surface area contributed by atoms with Crippen LogP contribution in [0.25, 0.3) is 0 Å². The second kappa shape index (κ2) is 10.4. The van der Waals surface area contributed by atoms with Gasteiger partial charge >= 0.3 is 0 Å². The lowest BCUT2D eigenvalue weighted by Crippen LogP contribution is -2.63. The third-order valence-corrected chi connectivity index (χ3v) is 9.16. The van der Waals surface area contributed by atoms with Crippen LogP contribution in [0.2, 0.25) is 0 Å². The van der Waals surface area contributed by atoms with Gasteiger partial charge in [-0.15, -0.1) is 11.8 Å². The first-order valence-corrected chi connectivity index (χ1v) is 13.1. The topological polar surface area (TPSA) is 172 Å². The molecule has 0 saturated carbocycles. The number of aliphatic hydroxyl groups excluding tert-OH is 1. The third kappa shape index (κ3) is 4.83. The van der Waals surface area contributed by atoms with Crippen LogP contribution in [0.3, 0.4) is 0 Å². The molecule has 0 unspecified atom stereocenters. The average Bonchev–Trinajstić information content (AvgIpc) is 3.48. The first-order chi connectivity index (χ1) is 17.0. The molecule has 0 spiro atoms. The summed E-state index contributed by atoms with van der Waals surface area (Å²) in [5.41, 5.74) is 5.60. The molecule has 4 aliphatic heterocycles. The zero-order valence-corrected chi connectivity index (χ0v) is 21.6. The summed E-state index contributed by atoms with van der Waals surface area (Å²) in [5, 5.41) is 22.6. The van der Waals surface area contributed by atoms with Gasteiger partial charge in [0.2, 0.25) is 17.7 Å². The van der Waals surface area contributed by atoms with Gasteiger partial charge in [0.05, 0.1) is 36.3 Å². The minimum atomic E-state index is -0.766. The zero-order valence-electron chi connectivity index (χ0n) is 20.8. The molecule has 0 aromatic rings. The van der Waals surface area contributed by atoms with Gasteiger partial charge in [0.1, 0.15) is 0 Å². The van der Waals surface area contributed by atoms with Crippen LogP contribution in [0.4, 0.5) is 0 Å². The number of hydrogen-bond acceptors (Lipinski definition) is 8. The van der Waals surface area contributed by atoms with Crippen molar-refractivity contribution in [3.05, 3.63) is 10.6 Å². The Morgan fingerprint density at radius 1 is 1.36 bits per heavy atom. The van der Waals surface area contributed by atoms with Crippen molar-refractivity contribution >= 4 is 41.7 Å². The lowest BCUT2D eigenvalue weighted by atomic mass is 9.79. The summed E-state index contributed by atoms with van der Waals surface area (Å²) in [5.74, 6) is -1.26. The van der Waals surface area contributed by atoms with Gasteiger partial charge in [-0.3, -0.25) is 29.5 Å². The Bertz CT molecular complexity index is 988. The van der Waals surface area contributed by atoms with Gasteiger partial charge in [-0.2, -0.15) is 0 Å². The molecule has 4 aliphatic rings. The molecule has 13 heteroatoms. The number of rotatable bonds is 8. The van der Waals surface area contributed by atoms with Crippen LogP contribution in [0.15, 0.2) is 10.6 Å². The molecule has 3 fully saturated rings. The molecule has 3 saturated heterocycles. The number of amides is 3. The summed E-state index contributed by atoms with van der Waals surface area (Å²) in [6, 6.07) is -0.632. The lowest BCUT2D eigenvalue weighted by Gasteiger charge is -2.46. The number of fused-ring (bicyclic) bond motifs is 1. The number of aliphatic hydroxyl groups is 1. The Labute approximate surface area is 214 Å². The monoisotopic (exact) mass is 521 g/mol. The number of nitrogens with zero attached hydrogens (tertiary/aromatic N) is 3. The minimum absolute atomic E-state index is 0.0245. The zero-order chi connectivity index (χ0) is 26.3. The standard InChI is InChI=1S/C23H35N7O5S/c1-11-19-18(12(2)32)22(35)30(19)16(10-31)20(11)36-14-6-15(28(3)9-14)21(34)29-5-4-13(8-29)27-17(33)7-26-23(24)25/h10-15,18-19,32H,4-9H2,1-3H3,(H,27,33)(H4,24,25,26)/t11-,12-,13+,14+,15+,18-,19+/m1/s1. The van der Waals surface area contributed by atoms with Crippen LogP contribution in [0.5, 0.6) is 0 Å². The fraction of sp³-hybridized carbons (Fsp3) is 0.696. The second-order valence-electron chi connectivity index (χ2n) is 10.2. The van der Waals surface area contributed by atoms with Gasteiger partial charge in [-0.25, -0.2) is 0 Å². The highest BCUT2D eigenvalue weighted by molar-refractivity contribution is 8.03. The van der Waals surface area contributed by atoms with Crippen LogP contribution in [0, 0.1) is 17.2 Å². The van der Waals surface area contributed by atoms with E-state index in [-0.39, 0.29) is 59.5 Å². The quantitative estimate of drug-likeness (QED) is 0.108. The van der Waals surface area contributed by atoms with Gasteiger partial charge in [0.15, 0.2) is 12.2 Å². The molecular formula is C23H35N7O5S. The molecule has 4 heterocycles. The van der Waals surface area contributed by atoms with Gasteiger partial charge in [-0.1, -0.05) is 6.92 Å². The predicted molar refractivity (Wildman–Crippen MR) is 134 cm³/mol. The Kier molecular flexibility index (Phi) is 7.62. The Hall–Kier alpha value is -2.64. The van der Waals surface area contributed by atoms with E-state index in [0.717, 1.165) is 11.2 Å². The number of carbonyl (C=O) groups is 4. The number of nitrogens with two attached hydrogens (primary N) is 1. The smallest absolute Gasteiger partial charge is 0.240 e. The van der Waals surface area contributed by atoms with Crippen molar-refractivity contribution in [1.82, 2.24) is 25.3 Å². The summed E-state index contributed by atoms with van der Waals surface area (Å²) < 4.78 is 0. The van der Waals surface area contributed by atoms with Gasteiger partial charge < -0.3 is 31.3 Å². The van der Waals surface area contributed by atoms with Gasteiger partial charge in [0, 0.05) is 41.7 Å². The number of carbonyl (C=O) groups excluding carboxylic acids is 4. The highest BCUT2D eigenvalue weighted by Crippen LogP contribution is 2.51.